The zero-order chi connectivity index (χ0) is 15.7. The van der Waals surface area contributed by atoms with Gasteiger partial charge in [-0.1, -0.05) is 18.2 Å². The third-order valence-electron chi connectivity index (χ3n) is 4.66. The molecule has 2 heterocycles. The first-order chi connectivity index (χ1) is 10.6. The van der Waals surface area contributed by atoms with Crippen LogP contribution in [0.4, 0.5) is 5.69 Å². The second-order valence-electron chi connectivity index (χ2n) is 6.05. The number of para-hydroxylation sites is 1. The molecule has 1 amide bonds. The number of aryl methyl sites for hydroxylation is 3. The molecule has 1 aromatic carbocycles. The predicted molar refractivity (Wildman–Crippen MR) is 88.1 cm³/mol. The van der Waals surface area contributed by atoms with Gasteiger partial charge in [-0.15, -0.1) is 0 Å². The van der Waals surface area contributed by atoms with E-state index in [0.717, 1.165) is 42.9 Å². The minimum atomic E-state index is 0.217. The first-order valence-electron chi connectivity index (χ1n) is 7.95. The molecule has 116 valence electrons. The van der Waals surface area contributed by atoms with Crippen LogP contribution in [-0.4, -0.2) is 22.2 Å². The number of hydrogen-bond acceptors (Lipinski definition) is 2. The molecule has 3 rings (SSSR count). The third kappa shape index (κ3) is 2.65. The summed E-state index contributed by atoms with van der Waals surface area (Å²) in [6.45, 7) is 4.92. The Balaban J connectivity index is 1.73. The van der Waals surface area contributed by atoms with Crippen molar-refractivity contribution < 1.29 is 4.79 Å². The molecule has 4 nitrogen and oxygen atoms in total. The standard InChI is InChI=1S/C18H23N3O/c1-13-16(14(2)20(3)19-13)10-11-18(22)21-12-6-8-15-7-4-5-9-17(15)21/h4-5,7,9H,6,8,10-12H2,1-3H3. The minimum absolute atomic E-state index is 0.217. The van der Waals surface area contributed by atoms with Crippen molar-refractivity contribution in [2.45, 2.75) is 39.5 Å². The Morgan fingerprint density at radius 2 is 2.05 bits per heavy atom. The second kappa shape index (κ2) is 5.95. The number of rotatable bonds is 3. The number of carbonyl (C=O) groups excluding carboxylic acids is 1. The first kappa shape index (κ1) is 14.8. The molecule has 0 fully saturated rings. The van der Waals surface area contributed by atoms with Gasteiger partial charge in [-0.05, 0) is 50.3 Å². The van der Waals surface area contributed by atoms with E-state index in [0.29, 0.717) is 6.42 Å². The first-order valence-corrected chi connectivity index (χ1v) is 7.95. The van der Waals surface area contributed by atoms with Crippen LogP contribution in [0.25, 0.3) is 0 Å². The summed E-state index contributed by atoms with van der Waals surface area (Å²) in [5.41, 5.74) is 5.78. The Kier molecular flexibility index (Phi) is 4.01. The van der Waals surface area contributed by atoms with Gasteiger partial charge in [0.15, 0.2) is 0 Å². The summed E-state index contributed by atoms with van der Waals surface area (Å²) >= 11 is 0. The quantitative estimate of drug-likeness (QED) is 0.873. The molecule has 0 atom stereocenters. The minimum Gasteiger partial charge on any atom is -0.312 e. The number of aromatic nitrogens is 2. The highest BCUT2D eigenvalue weighted by Gasteiger charge is 2.22. The maximum Gasteiger partial charge on any atom is 0.227 e. The van der Waals surface area contributed by atoms with E-state index in [2.05, 4.69) is 30.2 Å². The van der Waals surface area contributed by atoms with Gasteiger partial charge in [-0.25, -0.2) is 0 Å². The largest absolute Gasteiger partial charge is 0.312 e. The normalized spacial score (nSPS) is 14.0. The highest BCUT2D eigenvalue weighted by Crippen LogP contribution is 2.27. The summed E-state index contributed by atoms with van der Waals surface area (Å²) < 4.78 is 1.89. The lowest BCUT2D eigenvalue weighted by Gasteiger charge is -2.29. The molecule has 0 saturated heterocycles. The summed E-state index contributed by atoms with van der Waals surface area (Å²) in [6.07, 6.45) is 3.43. The lowest BCUT2D eigenvalue weighted by atomic mass is 10.0. The zero-order valence-electron chi connectivity index (χ0n) is 13.6. The average Bonchev–Trinajstić information content (AvgIpc) is 2.77. The topological polar surface area (TPSA) is 38.1 Å². The number of amides is 1. The van der Waals surface area contributed by atoms with Crippen LogP contribution in [0, 0.1) is 13.8 Å². The molecule has 1 aromatic heterocycles. The number of benzene rings is 1. The van der Waals surface area contributed by atoms with Crippen molar-refractivity contribution in [1.82, 2.24) is 9.78 Å². The van der Waals surface area contributed by atoms with Gasteiger partial charge in [0, 0.05) is 31.4 Å². The average molecular weight is 297 g/mol. The third-order valence-corrected chi connectivity index (χ3v) is 4.66. The van der Waals surface area contributed by atoms with E-state index in [1.165, 1.54) is 11.1 Å². The van der Waals surface area contributed by atoms with Gasteiger partial charge in [0.1, 0.15) is 0 Å². The van der Waals surface area contributed by atoms with Crippen LogP contribution in [0.5, 0.6) is 0 Å². The van der Waals surface area contributed by atoms with Crippen molar-refractivity contribution in [2.24, 2.45) is 7.05 Å². The van der Waals surface area contributed by atoms with E-state index in [9.17, 15) is 4.79 Å². The molecule has 0 unspecified atom stereocenters. The fraction of sp³-hybridized carbons (Fsp3) is 0.444. The van der Waals surface area contributed by atoms with E-state index in [4.69, 9.17) is 0 Å². The molecule has 0 N–H and O–H groups in total. The van der Waals surface area contributed by atoms with Gasteiger partial charge >= 0.3 is 0 Å². The summed E-state index contributed by atoms with van der Waals surface area (Å²) in [6, 6.07) is 8.26. The second-order valence-corrected chi connectivity index (χ2v) is 6.05. The Hall–Kier alpha value is -2.10. The van der Waals surface area contributed by atoms with E-state index >= 15 is 0 Å². The van der Waals surface area contributed by atoms with Gasteiger partial charge in [-0.2, -0.15) is 5.10 Å². The molecule has 0 spiro atoms. The molecule has 4 heteroatoms. The number of anilines is 1. The summed E-state index contributed by atoms with van der Waals surface area (Å²) in [4.78, 5) is 14.6. The van der Waals surface area contributed by atoms with Crippen molar-refractivity contribution in [2.75, 3.05) is 11.4 Å². The smallest absolute Gasteiger partial charge is 0.227 e. The van der Waals surface area contributed by atoms with Gasteiger partial charge in [-0.3, -0.25) is 9.48 Å². The van der Waals surface area contributed by atoms with Crippen molar-refractivity contribution in [3.05, 3.63) is 46.8 Å². The van der Waals surface area contributed by atoms with Crippen LogP contribution < -0.4 is 4.90 Å². The van der Waals surface area contributed by atoms with E-state index in [-0.39, 0.29) is 5.91 Å². The van der Waals surface area contributed by atoms with Crippen molar-refractivity contribution in [1.29, 1.82) is 0 Å². The molecule has 2 aromatic rings. The summed E-state index contributed by atoms with van der Waals surface area (Å²) in [5.74, 6) is 0.217. The number of fused-ring (bicyclic) bond motifs is 1. The maximum absolute atomic E-state index is 12.7. The van der Waals surface area contributed by atoms with Crippen molar-refractivity contribution in [3.8, 4) is 0 Å². The van der Waals surface area contributed by atoms with Crippen LogP contribution >= 0.6 is 0 Å². The summed E-state index contributed by atoms with van der Waals surface area (Å²) in [5, 5.41) is 4.43. The number of hydrogen-bond donors (Lipinski definition) is 0. The molecule has 0 aliphatic carbocycles. The molecular formula is C18H23N3O. The molecule has 22 heavy (non-hydrogen) atoms. The van der Waals surface area contributed by atoms with Gasteiger partial charge in [0.25, 0.3) is 0 Å². The highest BCUT2D eigenvalue weighted by molar-refractivity contribution is 5.94. The Morgan fingerprint density at radius 1 is 1.27 bits per heavy atom. The van der Waals surface area contributed by atoms with E-state index in [1.807, 2.05) is 29.6 Å². The maximum atomic E-state index is 12.7. The van der Waals surface area contributed by atoms with Crippen LogP contribution in [0.3, 0.4) is 0 Å². The van der Waals surface area contributed by atoms with Crippen LogP contribution in [0.15, 0.2) is 24.3 Å². The monoisotopic (exact) mass is 297 g/mol. The van der Waals surface area contributed by atoms with Crippen molar-refractivity contribution in [3.63, 3.8) is 0 Å². The molecule has 1 aliphatic rings. The molecule has 0 saturated carbocycles. The van der Waals surface area contributed by atoms with Gasteiger partial charge in [0.2, 0.25) is 5.91 Å². The number of nitrogens with zero attached hydrogens (tertiary/aromatic N) is 3. The van der Waals surface area contributed by atoms with Gasteiger partial charge in [0.05, 0.1) is 5.69 Å². The Morgan fingerprint density at radius 3 is 2.77 bits per heavy atom. The molecule has 0 bridgehead atoms. The lowest BCUT2D eigenvalue weighted by Crippen LogP contribution is -2.35. The molecule has 1 aliphatic heterocycles. The molecular weight excluding hydrogens is 274 g/mol. The van der Waals surface area contributed by atoms with Gasteiger partial charge < -0.3 is 4.90 Å². The summed E-state index contributed by atoms with van der Waals surface area (Å²) in [7, 11) is 1.95. The van der Waals surface area contributed by atoms with Crippen LogP contribution in [-0.2, 0) is 24.7 Å². The van der Waals surface area contributed by atoms with E-state index in [1.54, 1.807) is 0 Å². The fourth-order valence-electron chi connectivity index (χ4n) is 3.34. The van der Waals surface area contributed by atoms with E-state index < -0.39 is 0 Å². The predicted octanol–water partition coefficient (Wildman–Crippen LogP) is 2.95. The fourth-order valence-corrected chi connectivity index (χ4v) is 3.34. The SMILES string of the molecule is Cc1nn(C)c(C)c1CCC(=O)N1CCCc2ccccc21. The molecule has 0 radical (unpaired) electrons. The zero-order valence-corrected chi connectivity index (χ0v) is 13.6. The van der Waals surface area contributed by atoms with Crippen LogP contribution in [0.1, 0.15) is 35.4 Å². The Bertz CT molecular complexity index is 702. The number of carbonyl (C=O) groups is 1. The highest BCUT2D eigenvalue weighted by atomic mass is 16.2. The Labute approximate surface area is 131 Å². The lowest BCUT2D eigenvalue weighted by molar-refractivity contribution is -0.118. The van der Waals surface area contributed by atoms with Crippen molar-refractivity contribution >= 4 is 11.6 Å². The van der Waals surface area contributed by atoms with Crippen LogP contribution in [0.2, 0.25) is 0 Å².